The molecule has 2 aromatic heterocycles. The number of anilines is 1. The van der Waals surface area contributed by atoms with Gasteiger partial charge in [-0.15, -0.1) is 22.7 Å². The molecule has 0 radical (unpaired) electrons. The zero-order chi connectivity index (χ0) is 22.0. The molecule has 2 aliphatic rings. The Kier molecular flexibility index (Phi) is 6.05. The maximum Gasteiger partial charge on any atom is 0.325 e. The summed E-state index contributed by atoms with van der Waals surface area (Å²) in [4.78, 5) is 55.8. The third-order valence-electron chi connectivity index (χ3n) is 5.44. The average Bonchev–Trinajstić information content (AvgIpc) is 3.49. The quantitative estimate of drug-likeness (QED) is 0.548. The largest absolute Gasteiger partial charge is 0.351 e. The molecule has 1 saturated carbocycles. The molecule has 4 rings (SSSR count). The van der Waals surface area contributed by atoms with Crippen LogP contribution in [0.25, 0.3) is 10.6 Å². The van der Waals surface area contributed by atoms with Crippen molar-refractivity contribution in [2.75, 3.05) is 11.9 Å². The SMILES string of the molecule is CC(=O)NCc1ccc(-c2csc(NC(=O)CCN3C(=O)NC4(CCCC4)C3=O)n2)s1. The number of thiazole rings is 1. The van der Waals surface area contributed by atoms with Gasteiger partial charge in [0.1, 0.15) is 5.54 Å². The van der Waals surface area contributed by atoms with Crippen LogP contribution in [0.4, 0.5) is 9.93 Å². The Balaban J connectivity index is 1.30. The number of carbonyl (C=O) groups excluding carboxylic acids is 4. The summed E-state index contributed by atoms with van der Waals surface area (Å²) in [6.07, 6.45) is 3.19. The average molecular weight is 462 g/mol. The van der Waals surface area contributed by atoms with Gasteiger partial charge in [-0.1, -0.05) is 12.8 Å². The maximum absolute atomic E-state index is 12.6. The molecular formula is C20H23N5O4S2. The lowest BCUT2D eigenvalue weighted by Gasteiger charge is -2.19. The maximum atomic E-state index is 12.6. The van der Waals surface area contributed by atoms with Crippen LogP contribution < -0.4 is 16.0 Å². The Labute approximate surface area is 187 Å². The van der Waals surface area contributed by atoms with Crippen LogP contribution in [0, 0.1) is 0 Å². The molecule has 164 valence electrons. The molecule has 9 nitrogen and oxygen atoms in total. The van der Waals surface area contributed by atoms with Crippen molar-refractivity contribution >= 4 is 51.6 Å². The van der Waals surface area contributed by atoms with E-state index in [0.717, 1.165) is 33.2 Å². The van der Waals surface area contributed by atoms with E-state index in [0.29, 0.717) is 24.5 Å². The van der Waals surface area contributed by atoms with Gasteiger partial charge in [0.15, 0.2) is 5.13 Å². The minimum Gasteiger partial charge on any atom is -0.351 e. The van der Waals surface area contributed by atoms with Crippen LogP contribution in [-0.4, -0.2) is 45.7 Å². The van der Waals surface area contributed by atoms with Gasteiger partial charge in [0, 0.05) is 30.1 Å². The number of carbonyl (C=O) groups is 4. The third-order valence-corrected chi connectivity index (χ3v) is 7.31. The van der Waals surface area contributed by atoms with E-state index in [9.17, 15) is 19.2 Å². The summed E-state index contributed by atoms with van der Waals surface area (Å²) in [5.41, 5.74) is -0.00581. The molecule has 0 unspecified atom stereocenters. The van der Waals surface area contributed by atoms with Crippen LogP contribution >= 0.6 is 22.7 Å². The van der Waals surface area contributed by atoms with Crippen molar-refractivity contribution in [2.45, 2.75) is 51.1 Å². The number of nitrogens with one attached hydrogen (secondary N) is 3. The van der Waals surface area contributed by atoms with E-state index in [2.05, 4.69) is 20.9 Å². The molecule has 0 bridgehead atoms. The van der Waals surface area contributed by atoms with Crippen LogP contribution in [0.5, 0.6) is 0 Å². The molecule has 3 heterocycles. The van der Waals surface area contributed by atoms with Gasteiger partial charge in [-0.2, -0.15) is 0 Å². The van der Waals surface area contributed by atoms with Crippen molar-refractivity contribution in [1.29, 1.82) is 0 Å². The van der Waals surface area contributed by atoms with Gasteiger partial charge < -0.3 is 16.0 Å². The van der Waals surface area contributed by atoms with Crippen molar-refractivity contribution < 1.29 is 19.2 Å². The standard InChI is InChI=1S/C20H23N5O4S2/c1-12(26)21-10-13-4-5-15(31-13)14-11-30-18(22-14)23-16(27)6-9-25-17(28)20(24-19(25)29)7-2-3-8-20/h4-5,11H,2-3,6-10H2,1H3,(H,21,26)(H,24,29)(H,22,23,27). The van der Waals surface area contributed by atoms with Crippen LogP contribution in [-0.2, 0) is 20.9 Å². The first-order chi connectivity index (χ1) is 14.9. The molecule has 1 saturated heterocycles. The summed E-state index contributed by atoms with van der Waals surface area (Å²) in [5, 5.41) is 10.6. The van der Waals surface area contributed by atoms with Gasteiger partial charge in [0.05, 0.1) is 17.1 Å². The van der Waals surface area contributed by atoms with Crippen LogP contribution in [0.2, 0.25) is 0 Å². The van der Waals surface area contributed by atoms with Crippen LogP contribution in [0.15, 0.2) is 17.5 Å². The monoisotopic (exact) mass is 461 g/mol. The highest BCUT2D eigenvalue weighted by molar-refractivity contribution is 7.17. The minimum atomic E-state index is -0.753. The number of hydrogen-bond donors (Lipinski definition) is 3. The number of urea groups is 1. The highest BCUT2D eigenvalue weighted by atomic mass is 32.1. The van der Waals surface area contributed by atoms with Crippen molar-refractivity contribution in [2.24, 2.45) is 0 Å². The van der Waals surface area contributed by atoms with Crippen molar-refractivity contribution in [3.05, 3.63) is 22.4 Å². The third kappa shape index (κ3) is 4.62. The number of rotatable bonds is 7. The summed E-state index contributed by atoms with van der Waals surface area (Å²) in [5.74, 6) is -0.598. The number of imide groups is 1. The van der Waals surface area contributed by atoms with Gasteiger partial charge in [-0.25, -0.2) is 9.78 Å². The van der Waals surface area contributed by atoms with E-state index in [-0.39, 0.29) is 30.7 Å². The summed E-state index contributed by atoms with van der Waals surface area (Å²) in [6.45, 7) is 1.99. The first-order valence-electron chi connectivity index (χ1n) is 10.1. The normalized spacial score (nSPS) is 17.3. The predicted molar refractivity (Wildman–Crippen MR) is 118 cm³/mol. The first-order valence-corrected chi connectivity index (χ1v) is 11.8. The minimum absolute atomic E-state index is 0.0179. The number of nitrogens with zero attached hydrogens (tertiary/aromatic N) is 2. The molecule has 0 atom stereocenters. The van der Waals surface area contributed by atoms with Gasteiger partial charge in [0.2, 0.25) is 11.8 Å². The van der Waals surface area contributed by atoms with E-state index in [4.69, 9.17) is 0 Å². The van der Waals surface area contributed by atoms with E-state index >= 15 is 0 Å². The van der Waals surface area contributed by atoms with Crippen LogP contribution in [0.1, 0.15) is 43.9 Å². The van der Waals surface area contributed by atoms with Crippen molar-refractivity contribution in [1.82, 2.24) is 20.5 Å². The number of aromatic nitrogens is 1. The molecule has 1 aliphatic heterocycles. The fraction of sp³-hybridized carbons (Fsp3) is 0.450. The highest BCUT2D eigenvalue weighted by Gasteiger charge is 2.52. The Morgan fingerprint density at radius 3 is 2.77 bits per heavy atom. The molecular weight excluding hydrogens is 438 g/mol. The second-order valence-corrected chi connectivity index (χ2v) is 9.71. The second-order valence-electron chi connectivity index (χ2n) is 7.69. The summed E-state index contributed by atoms with van der Waals surface area (Å²) < 4.78 is 0. The second kappa shape index (κ2) is 8.75. The molecule has 1 spiro atoms. The molecule has 3 N–H and O–H groups in total. The van der Waals surface area contributed by atoms with E-state index in [1.54, 1.807) is 0 Å². The van der Waals surface area contributed by atoms with E-state index in [1.807, 2.05) is 17.5 Å². The summed E-state index contributed by atoms with van der Waals surface area (Å²) in [7, 11) is 0. The lowest BCUT2D eigenvalue weighted by Crippen LogP contribution is -2.44. The smallest absolute Gasteiger partial charge is 0.325 e. The Bertz CT molecular complexity index is 1020. The van der Waals surface area contributed by atoms with E-state index < -0.39 is 11.6 Å². The molecule has 11 heteroatoms. The molecule has 31 heavy (non-hydrogen) atoms. The Morgan fingerprint density at radius 1 is 1.26 bits per heavy atom. The number of hydrogen-bond acceptors (Lipinski definition) is 7. The molecule has 5 amide bonds. The number of amides is 5. The van der Waals surface area contributed by atoms with Gasteiger partial charge in [-0.3, -0.25) is 19.3 Å². The van der Waals surface area contributed by atoms with Gasteiger partial charge in [0.25, 0.3) is 5.91 Å². The number of thiophene rings is 1. The Hall–Kier alpha value is -2.79. The lowest BCUT2D eigenvalue weighted by molar-refractivity contribution is -0.131. The molecule has 2 fully saturated rings. The van der Waals surface area contributed by atoms with Crippen molar-refractivity contribution in [3.8, 4) is 10.6 Å². The fourth-order valence-electron chi connectivity index (χ4n) is 3.86. The van der Waals surface area contributed by atoms with Gasteiger partial charge in [-0.05, 0) is 25.0 Å². The first kappa shape index (κ1) is 21.4. The topological polar surface area (TPSA) is 121 Å². The molecule has 0 aromatic carbocycles. The van der Waals surface area contributed by atoms with E-state index in [1.165, 1.54) is 29.6 Å². The summed E-state index contributed by atoms with van der Waals surface area (Å²) >= 11 is 2.83. The molecule has 1 aliphatic carbocycles. The van der Waals surface area contributed by atoms with Crippen molar-refractivity contribution in [3.63, 3.8) is 0 Å². The van der Waals surface area contributed by atoms with Gasteiger partial charge >= 0.3 is 6.03 Å². The fourth-order valence-corrected chi connectivity index (χ4v) is 5.57. The van der Waals surface area contributed by atoms with Crippen LogP contribution in [0.3, 0.4) is 0 Å². The lowest BCUT2D eigenvalue weighted by atomic mass is 9.98. The summed E-state index contributed by atoms with van der Waals surface area (Å²) in [6, 6.07) is 3.45. The zero-order valence-corrected chi connectivity index (χ0v) is 18.7. The predicted octanol–water partition coefficient (Wildman–Crippen LogP) is 2.70. The Morgan fingerprint density at radius 2 is 2.03 bits per heavy atom. The highest BCUT2D eigenvalue weighted by Crippen LogP contribution is 2.35. The molecule has 2 aromatic rings. The zero-order valence-electron chi connectivity index (χ0n) is 17.0.